The second-order valence-electron chi connectivity index (χ2n) is 4.55. The third-order valence-electron chi connectivity index (χ3n) is 3.33. The first kappa shape index (κ1) is 13.9. The van der Waals surface area contributed by atoms with Crippen LogP contribution in [0.5, 0.6) is 0 Å². The summed E-state index contributed by atoms with van der Waals surface area (Å²) in [6.07, 6.45) is 4.43. The fourth-order valence-corrected chi connectivity index (χ4v) is 2.28. The van der Waals surface area contributed by atoms with Gasteiger partial charge in [-0.3, -0.25) is 9.59 Å². The Morgan fingerprint density at radius 1 is 1.35 bits per heavy atom. The van der Waals surface area contributed by atoms with Gasteiger partial charge in [0.2, 0.25) is 0 Å². The summed E-state index contributed by atoms with van der Waals surface area (Å²) in [5.74, 6) is -0.431. The van der Waals surface area contributed by atoms with E-state index in [1.54, 1.807) is 6.92 Å². The molecule has 0 bridgehead atoms. The van der Waals surface area contributed by atoms with Crippen LogP contribution in [0.4, 0.5) is 0 Å². The topological polar surface area (TPSA) is 43.4 Å². The van der Waals surface area contributed by atoms with Gasteiger partial charge in [0, 0.05) is 6.42 Å². The molecule has 17 heavy (non-hydrogen) atoms. The highest BCUT2D eigenvalue weighted by molar-refractivity contribution is 6.03. The predicted octanol–water partition coefficient (Wildman–Crippen LogP) is 3.04. The van der Waals surface area contributed by atoms with Gasteiger partial charge in [-0.2, -0.15) is 0 Å². The summed E-state index contributed by atoms with van der Waals surface area (Å²) in [5.41, 5.74) is 1.81. The Morgan fingerprint density at radius 2 is 2.06 bits per heavy atom. The van der Waals surface area contributed by atoms with Crippen molar-refractivity contribution in [2.24, 2.45) is 5.92 Å². The average molecular weight is 238 g/mol. The third-order valence-corrected chi connectivity index (χ3v) is 3.33. The van der Waals surface area contributed by atoms with Crippen LogP contribution in [-0.2, 0) is 14.3 Å². The number of ether oxygens (including phenoxy) is 1. The molecule has 0 heterocycles. The van der Waals surface area contributed by atoms with Crippen molar-refractivity contribution in [2.75, 3.05) is 6.61 Å². The van der Waals surface area contributed by atoms with Crippen LogP contribution in [0.2, 0.25) is 0 Å². The van der Waals surface area contributed by atoms with Crippen LogP contribution in [0, 0.1) is 5.92 Å². The summed E-state index contributed by atoms with van der Waals surface area (Å²) in [5, 5.41) is 0. The van der Waals surface area contributed by atoms with E-state index in [0.717, 1.165) is 36.8 Å². The van der Waals surface area contributed by atoms with Gasteiger partial charge in [0.25, 0.3) is 0 Å². The van der Waals surface area contributed by atoms with Gasteiger partial charge in [-0.1, -0.05) is 25.3 Å². The van der Waals surface area contributed by atoms with Gasteiger partial charge >= 0.3 is 5.97 Å². The maximum atomic E-state index is 11.8. The molecule has 0 aromatic rings. The molecule has 3 heteroatoms. The predicted molar refractivity (Wildman–Crippen MR) is 66.6 cm³/mol. The molecule has 0 N–H and O–H groups in total. The van der Waals surface area contributed by atoms with Crippen molar-refractivity contribution in [1.82, 2.24) is 0 Å². The molecule has 0 aromatic carbocycles. The highest BCUT2D eigenvalue weighted by Crippen LogP contribution is 2.32. The first-order chi connectivity index (χ1) is 8.11. The number of ketones is 1. The monoisotopic (exact) mass is 238 g/mol. The summed E-state index contributed by atoms with van der Waals surface area (Å²) in [7, 11) is 0. The summed E-state index contributed by atoms with van der Waals surface area (Å²) in [6, 6.07) is 0. The molecule has 0 spiro atoms. The van der Waals surface area contributed by atoms with E-state index < -0.39 is 0 Å². The molecule has 1 atom stereocenters. The zero-order valence-corrected chi connectivity index (χ0v) is 11.0. The summed E-state index contributed by atoms with van der Waals surface area (Å²) in [4.78, 5) is 23.5. The molecule has 1 rings (SSSR count). The first-order valence-electron chi connectivity index (χ1n) is 6.51. The minimum absolute atomic E-state index is 0.136. The molecular formula is C14H22O3. The van der Waals surface area contributed by atoms with E-state index in [9.17, 15) is 9.59 Å². The molecule has 3 nitrogen and oxygen atoms in total. The molecule has 1 unspecified atom stereocenters. The van der Waals surface area contributed by atoms with E-state index in [-0.39, 0.29) is 17.7 Å². The van der Waals surface area contributed by atoms with Crippen LogP contribution in [0.15, 0.2) is 11.1 Å². The fraction of sp³-hybridized carbons (Fsp3) is 0.714. The average Bonchev–Trinajstić information content (AvgIpc) is 2.57. The lowest BCUT2D eigenvalue weighted by atomic mass is 10.0. The molecule has 0 aromatic heterocycles. The number of rotatable bonds is 6. The Bertz CT molecular complexity index is 328. The molecule has 0 fully saturated rings. The Labute approximate surface area is 103 Å². The molecule has 1 aliphatic carbocycles. The zero-order valence-electron chi connectivity index (χ0n) is 11.0. The second-order valence-corrected chi connectivity index (χ2v) is 4.55. The van der Waals surface area contributed by atoms with Crippen LogP contribution in [0.3, 0.4) is 0 Å². The quantitative estimate of drug-likeness (QED) is 0.527. The fourth-order valence-electron chi connectivity index (χ4n) is 2.28. The first-order valence-corrected chi connectivity index (χ1v) is 6.51. The van der Waals surface area contributed by atoms with Crippen LogP contribution in [-0.4, -0.2) is 18.4 Å². The van der Waals surface area contributed by atoms with E-state index >= 15 is 0 Å². The number of esters is 1. The summed E-state index contributed by atoms with van der Waals surface area (Å²) < 4.78 is 4.99. The molecule has 0 saturated carbocycles. The Kier molecular flexibility index (Phi) is 5.39. The number of allylic oxidation sites excluding steroid dienone is 1. The van der Waals surface area contributed by atoms with Gasteiger partial charge in [-0.25, -0.2) is 0 Å². The molecule has 1 aliphatic rings. The normalized spacial score (nSPS) is 19.9. The van der Waals surface area contributed by atoms with E-state index in [2.05, 4.69) is 6.92 Å². The number of unbranched alkanes of at least 4 members (excludes halogenated alkanes) is 2. The minimum atomic E-state index is -0.320. The molecular weight excluding hydrogens is 216 g/mol. The van der Waals surface area contributed by atoms with Crippen molar-refractivity contribution in [1.29, 1.82) is 0 Å². The van der Waals surface area contributed by atoms with Crippen molar-refractivity contribution in [3.63, 3.8) is 0 Å². The van der Waals surface area contributed by atoms with E-state index in [1.807, 2.05) is 6.92 Å². The number of hydrogen-bond acceptors (Lipinski definition) is 3. The second kappa shape index (κ2) is 6.58. The van der Waals surface area contributed by atoms with Crippen molar-refractivity contribution in [3.8, 4) is 0 Å². The largest absolute Gasteiger partial charge is 0.466 e. The Balaban J connectivity index is 2.67. The molecule has 0 radical (unpaired) electrons. The smallest absolute Gasteiger partial charge is 0.313 e. The number of carbonyl (C=O) groups is 2. The molecule has 96 valence electrons. The Hall–Kier alpha value is -1.12. The molecule has 0 amide bonds. The van der Waals surface area contributed by atoms with Gasteiger partial charge in [-0.05, 0) is 32.3 Å². The SMILES string of the molecule is CCCCCC1=C(C)C(C(=O)OCC)CC1=O. The van der Waals surface area contributed by atoms with Crippen molar-refractivity contribution in [3.05, 3.63) is 11.1 Å². The van der Waals surface area contributed by atoms with Crippen molar-refractivity contribution in [2.45, 2.75) is 52.9 Å². The van der Waals surface area contributed by atoms with Gasteiger partial charge in [0.05, 0.1) is 12.5 Å². The summed E-state index contributed by atoms with van der Waals surface area (Å²) >= 11 is 0. The van der Waals surface area contributed by atoms with Gasteiger partial charge < -0.3 is 4.74 Å². The molecule has 0 aliphatic heterocycles. The number of hydrogen-bond donors (Lipinski definition) is 0. The lowest BCUT2D eigenvalue weighted by molar-refractivity contribution is -0.147. The van der Waals surface area contributed by atoms with Gasteiger partial charge in [0.15, 0.2) is 5.78 Å². The standard InChI is InChI=1S/C14H22O3/c1-4-6-7-8-11-10(3)12(9-13(11)15)14(16)17-5-2/h12H,4-9H2,1-3H3. The molecule has 0 saturated heterocycles. The van der Waals surface area contributed by atoms with Gasteiger partial charge in [-0.15, -0.1) is 0 Å². The van der Waals surface area contributed by atoms with Crippen molar-refractivity contribution >= 4 is 11.8 Å². The number of Topliss-reactive ketones (excluding diaryl/α,β-unsaturated/α-hetero) is 1. The zero-order chi connectivity index (χ0) is 12.8. The lowest BCUT2D eigenvalue weighted by Crippen LogP contribution is -2.17. The van der Waals surface area contributed by atoms with Crippen molar-refractivity contribution < 1.29 is 14.3 Å². The van der Waals surface area contributed by atoms with E-state index in [1.165, 1.54) is 0 Å². The van der Waals surface area contributed by atoms with Gasteiger partial charge in [0.1, 0.15) is 0 Å². The Morgan fingerprint density at radius 3 is 2.65 bits per heavy atom. The summed E-state index contributed by atoms with van der Waals surface area (Å²) in [6.45, 7) is 6.20. The minimum Gasteiger partial charge on any atom is -0.466 e. The lowest BCUT2D eigenvalue weighted by Gasteiger charge is -2.09. The van der Waals surface area contributed by atoms with Crippen LogP contribution in [0.25, 0.3) is 0 Å². The van der Waals surface area contributed by atoms with E-state index in [4.69, 9.17) is 4.74 Å². The maximum absolute atomic E-state index is 11.8. The highest BCUT2D eigenvalue weighted by Gasteiger charge is 2.34. The van der Waals surface area contributed by atoms with Crippen LogP contribution in [0.1, 0.15) is 52.9 Å². The maximum Gasteiger partial charge on any atom is 0.313 e. The number of carbonyl (C=O) groups excluding carboxylic acids is 2. The van der Waals surface area contributed by atoms with Crippen LogP contribution < -0.4 is 0 Å². The highest BCUT2D eigenvalue weighted by atomic mass is 16.5. The van der Waals surface area contributed by atoms with Crippen LogP contribution >= 0.6 is 0 Å². The third kappa shape index (κ3) is 3.42. The van der Waals surface area contributed by atoms with E-state index in [0.29, 0.717) is 13.0 Å².